The van der Waals surface area contributed by atoms with Crippen molar-refractivity contribution in [3.8, 4) is 0 Å². The molecule has 108 valence electrons. The molecule has 0 heterocycles. The number of hydrogen-bond donors (Lipinski definition) is 2. The molecule has 0 fully saturated rings. The number of hydrogen-bond acceptors (Lipinski definition) is 5. The second kappa shape index (κ2) is 7.06. The van der Waals surface area contributed by atoms with E-state index in [0.717, 1.165) is 0 Å². The van der Waals surface area contributed by atoms with Crippen LogP contribution in [0.5, 0.6) is 0 Å². The maximum atomic E-state index is 11.6. The second-order valence-electron chi connectivity index (χ2n) is 4.92. The summed E-state index contributed by atoms with van der Waals surface area (Å²) >= 11 is 0. The standard InChI is InChI=1S/C11H24N2O4S/c1-9(10(14)12-6-7-17-4)13-8-11(2,3)18(5,15)16/h9,13H,6-8H2,1-5H3,(H,12,14). The van der Waals surface area contributed by atoms with Crippen LogP contribution in [0.4, 0.5) is 0 Å². The van der Waals surface area contributed by atoms with E-state index < -0.39 is 20.6 Å². The predicted octanol–water partition coefficient (Wildman–Crippen LogP) is -0.450. The lowest BCUT2D eigenvalue weighted by molar-refractivity contribution is -0.122. The summed E-state index contributed by atoms with van der Waals surface area (Å²) in [7, 11) is -1.60. The van der Waals surface area contributed by atoms with Gasteiger partial charge in [-0.1, -0.05) is 0 Å². The van der Waals surface area contributed by atoms with E-state index in [9.17, 15) is 13.2 Å². The van der Waals surface area contributed by atoms with Gasteiger partial charge in [-0.2, -0.15) is 0 Å². The van der Waals surface area contributed by atoms with Gasteiger partial charge < -0.3 is 15.4 Å². The molecule has 6 nitrogen and oxygen atoms in total. The van der Waals surface area contributed by atoms with E-state index in [1.165, 1.54) is 6.26 Å². The quantitative estimate of drug-likeness (QED) is 0.588. The van der Waals surface area contributed by atoms with Crippen LogP contribution in [-0.4, -0.2) is 58.2 Å². The van der Waals surface area contributed by atoms with Crippen LogP contribution in [0.3, 0.4) is 0 Å². The van der Waals surface area contributed by atoms with Gasteiger partial charge in [0.05, 0.1) is 17.4 Å². The third-order valence-corrected chi connectivity index (χ3v) is 4.99. The number of amides is 1. The normalized spacial score (nSPS) is 14.3. The van der Waals surface area contributed by atoms with Gasteiger partial charge in [-0.05, 0) is 20.8 Å². The highest BCUT2D eigenvalue weighted by atomic mass is 32.2. The molecule has 0 aromatic heterocycles. The summed E-state index contributed by atoms with van der Waals surface area (Å²) in [4.78, 5) is 11.6. The van der Waals surface area contributed by atoms with Gasteiger partial charge in [0.25, 0.3) is 0 Å². The zero-order valence-electron chi connectivity index (χ0n) is 11.7. The Morgan fingerprint density at radius 3 is 2.39 bits per heavy atom. The fourth-order valence-corrected chi connectivity index (χ4v) is 1.40. The molecule has 0 aliphatic rings. The van der Waals surface area contributed by atoms with Gasteiger partial charge in [-0.15, -0.1) is 0 Å². The number of carbonyl (C=O) groups excluding carboxylic acids is 1. The van der Waals surface area contributed by atoms with Gasteiger partial charge in [-0.25, -0.2) is 8.42 Å². The lowest BCUT2D eigenvalue weighted by atomic mass is 10.2. The summed E-state index contributed by atoms with van der Waals surface area (Å²) in [5, 5.41) is 5.61. The Hall–Kier alpha value is -0.660. The van der Waals surface area contributed by atoms with Crippen LogP contribution in [0.25, 0.3) is 0 Å². The molecule has 1 atom stereocenters. The minimum absolute atomic E-state index is 0.170. The SMILES string of the molecule is COCCNC(=O)C(C)NCC(C)(C)S(C)(=O)=O. The summed E-state index contributed by atoms with van der Waals surface area (Å²) in [6.45, 7) is 6.07. The molecule has 1 unspecified atom stereocenters. The molecule has 0 aliphatic heterocycles. The Kier molecular flexibility index (Phi) is 6.80. The van der Waals surface area contributed by atoms with Crippen molar-refractivity contribution in [3.05, 3.63) is 0 Å². The van der Waals surface area contributed by atoms with Crippen LogP contribution >= 0.6 is 0 Å². The van der Waals surface area contributed by atoms with E-state index in [1.54, 1.807) is 27.9 Å². The first-order chi connectivity index (χ1) is 8.12. The molecule has 0 spiro atoms. The summed E-state index contributed by atoms with van der Waals surface area (Å²) in [6.07, 6.45) is 1.19. The van der Waals surface area contributed by atoms with E-state index in [0.29, 0.717) is 13.2 Å². The molecule has 0 rings (SSSR count). The van der Waals surface area contributed by atoms with E-state index in [1.807, 2.05) is 0 Å². The van der Waals surface area contributed by atoms with Gasteiger partial charge in [0, 0.05) is 26.5 Å². The lowest BCUT2D eigenvalue weighted by Gasteiger charge is -2.25. The highest BCUT2D eigenvalue weighted by molar-refractivity contribution is 7.92. The number of ether oxygens (including phenoxy) is 1. The monoisotopic (exact) mass is 280 g/mol. The molecule has 0 aromatic rings. The van der Waals surface area contributed by atoms with Crippen LogP contribution in [0.15, 0.2) is 0 Å². The van der Waals surface area contributed by atoms with Gasteiger partial charge in [0.2, 0.25) is 5.91 Å². The van der Waals surface area contributed by atoms with Crippen LogP contribution in [0.1, 0.15) is 20.8 Å². The summed E-state index contributed by atoms with van der Waals surface area (Å²) < 4.78 is 26.9. The maximum absolute atomic E-state index is 11.6. The van der Waals surface area contributed by atoms with Crippen LogP contribution in [0.2, 0.25) is 0 Å². The molecule has 18 heavy (non-hydrogen) atoms. The first kappa shape index (κ1) is 17.3. The summed E-state index contributed by atoms with van der Waals surface area (Å²) in [5.74, 6) is -0.170. The van der Waals surface area contributed by atoms with E-state index in [2.05, 4.69) is 10.6 Å². The van der Waals surface area contributed by atoms with Crippen LogP contribution in [-0.2, 0) is 19.4 Å². The van der Waals surface area contributed by atoms with E-state index in [-0.39, 0.29) is 12.5 Å². The topological polar surface area (TPSA) is 84.5 Å². The first-order valence-corrected chi connectivity index (χ1v) is 7.70. The molecular weight excluding hydrogens is 256 g/mol. The highest BCUT2D eigenvalue weighted by Crippen LogP contribution is 2.13. The smallest absolute Gasteiger partial charge is 0.236 e. The van der Waals surface area contributed by atoms with Crippen molar-refractivity contribution < 1.29 is 17.9 Å². The van der Waals surface area contributed by atoms with E-state index in [4.69, 9.17) is 4.74 Å². The largest absolute Gasteiger partial charge is 0.383 e. The summed E-state index contributed by atoms with van der Waals surface area (Å²) in [6, 6.07) is -0.442. The number of methoxy groups -OCH3 is 1. The Morgan fingerprint density at radius 1 is 1.39 bits per heavy atom. The van der Waals surface area contributed by atoms with Crippen molar-refractivity contribution in [2.45, 2.75) is 31.6 Å². The zero-order valence-corrected chi connectivity index (χ0v) is 12.6. The minimum atomic E-state index is -3.16. The number of sulfone groups is 1. The van der Waals surface area contributed by atoms with Crippen molar-refractivity contribution in [2.75, 3.05) is 33.1 Å². The molecule has 0 saturated carbocycles. The van der Waals surface area contributed by atoms with Crippen molar-refractivity contribution in [2.24, 2.45) is 0 Å². The molecule has 0 saturated heterocycles. The Bertz CT molecular complexity index is 365. The Morgan fingerprint density at radius 2 is 1.94 bits per heavy atom. The molecule has 0 radical (unpaired) electrons. The molecule has 0 aliphatic carbocycles. The van der Waals surface area contributed by atoms with Gasteiger partial charge in [0.15, 0.2) is 9.84 Å². The van der Waals surface area contributed by atoms with Gasteiger partial charge in [-0.3, -0.25) is 4.79 Å². The van der Waals surface area contributed by atoms with Crippen molar-refractivity contribution in [1.82, 2.24) is 10.6 Å². The molecule has 0 bridgehead atoms. The highest BCUT2D eigenvalue weighted by Gasteiger charge is 2.30. The number of carbonyl (C=O) groups is 1. The fraction of sp³-hybridized carbons (Fsp3) is 0.909. The van der Waals surface area contributed by atoms with Crippen LogP contribution < -0.4 is 10.6 Å². The third kappa shape index (κ3) is 5.79. The van der Waals surface area contributed by atoms with Crippen molar-refractivity contribution >= 4 is 15.7 Å². The predicted molar refractivity (Wildman–Crippen MR) is 71.3 cm³/mol. The fourth-order valence-electron chi connectivity index (χ4n) is 1.05. The third-order valence-electron chi connectivity index (χ3n) is 2.84. The maximum Gasteiger partial charge on any atom is 0.236 e. The number of rotatable bonds is 8. The molecular formula is C11H24N2O4S. The molecule has 0 aromatic carbocycles. The Labute approximate surface area is 109 Å². The lowest BCUT2D eigenvalue weighted by Crippen LogP contribution is -2.49. The average Bonchev–Trinajstić information content (AvgIpc) is 2.24. The van der Waals surface area contributed by atoms with Crippen LogP contribution in [0, 0.1) is 0 Å². The van der Waals surface area contributed by atoms with Gasteiger partial charge >= 0.3 is 0 Å². The Balaban J connectivity index is 4.18. The molecule has 2 N–H and O–H groups in total. The van der Waals surface area contributed by atoms with Crippen molar-refractivity contribution in [3.63, 3.8) is 0 Å². The molecule has 1 amide bonds. The van der Waals surface area contributed by atoms with Gasteiger partial charge in [0.1, 0.15) is 0 Å². The summed E-state index contributed by atoms with van der Waals surface area (Å²) in [5.41, 5.74) is 0. The van der Waals surface area contributed by atoms with Crippen molar-refractivity contribution in [1.29, 1.82) is 0 Å². The average molecular weight is 280 g/mol. The van der Waals surface area contributed by atoms with E-state index >= 15 is 0 Å². The molecule has 7 heteroatoms. The number of nitrogens with one attached hydrogen (secondary N) is 2. The second-order valence-corrected chi connectivity index (χ2v) is 7.57. The zero-order chi connectivity index (χ0) is 14.4. The minimum Gasteiger partial charge on any atom is -0.383 e. The first-order valence-electron chi connectivity index (χ1n) is 5.81.